The minimum Gasteiger partial charge on any atom is -0.324 e. The molecule has 1 aromatic heterocycles. The van der Waals surface area contributed by atoms with Gasteiger partial charge in [0.05, 0.1) is 0 Å². The van der Waals surface area contributed by atoms with E-state index in [1.165, 1.54) is 24.1 Å². The van der Waals surface area contributed by atoms with Crippen molar-refractivity contribution in [2.24, 2.45) is 17.1 Å². The Kier molecular flexibility index (Phi) is 3.15. The Hall–Kier alpha value is -0.340. The van der Waals surface area contributed by atoms with Gasteiger partial charge in [-0.3, -0.25) is 0 Å². The number of thiophene rings is 1. The van der Waals surface area contributed by atoms with Gasteiger partial charge in [0.15, 0.2) is 0 Å². The molecule has 0 saturated heterocycles. The van der Waals surface area contributed by atoms with Gasteiger partial charge in [0, 0.05) is 15.8 Å². The van der Waals surface area contributed by atoms with Gasteiger partial charge in [-0.25, -0.2) is 0 Å². The molecule has 0 aromatic carbocycles. The van der Waals surface area contributed by atoms with E-state index in [2.05, 4.69) is 33.8 Å². The summed E-state index contributed by atoms with van der Waals surface area (Å²) in [5.74, 6) is 0.829. The third-order valence-electron chi connectivity index (χ3n) is 3.78. The van der Waals surface area contributed by atoms with Crippen molar-refractivity contribution in [3.8, 4) is 0 Å². The van der Waals surface area contributed by atoms with Gasteiger partial charge in [0.25, 0.3) is 0 Å². The number of fused-ring (bicyclic) bond motifs is 1. The topological polar surface area (TPSA) is 26.0 Å². The van der Waals surface area contributed by atoms with Crippen molar-refractivity contribution >= 4 is 11.3 Å². The lowest BCUT2D eigenvalue weighted by molar-refractivity contribution is 0.217. The van der Waals surface area contributed by atoms with E-state index in [0.29, 0.717) is 5.41 Å². The van der Waals surface area contributed by atoms with Crippen LogP contribution in [0.4, 0.5) is 0 Å². The molecule has 0 spiro atoms. The van der Waals surface area contributed by atoms with Gasteiger partial charge in [0.2, 0.25) is 0 Å². The molecule has 1 aliphatic rings. The highest BCUT2D eigenvalue weighted by atomic mass is 32.1. The quantitative estimate of drug-likeness (QED) is 0.787. The van der Waals surface area contributed by atoms with E-state index in [4.69, 9.17) is 5.73 Å². The zero-order valence-corrected chi connectivity index (χ0v) is 11.7. The average Bonchev–Trinajstić information content (AvgIpc) is 2.58. The SMILES string of the molecule is CC(N)c1cc2c(s1)CCC(C(C)(C)C)C2. The third-order valence-corrected chi connectivity index (χ3v) is 5.21. The van der Waals surface area contributed by atoms with Gasteiger partial charge in [-0.05, 0) is 49.1 Å². The number of aryl methyl sites for hydroxylation is 1. The van der Waals surface area contributed by atoms with Crippen LogP contribution in [0.1, 0.15) is 55.5 Å². The standard InChI is InChI=1S/C14H23NS/c1-9(15)13-8-10-7-11(14(2,3)4)5-6-12(10)16-13/h8-9,11H,5-7,15H2,1-4H3. The van der Waals surface area contributed by atoms with Crippen LogP contribution < -0.4 is 5.73 Å². The Morgan fingerprint density at radius 1 is 1.44 bits per heavy atom. The second-order valence-electron chi connectivity index (χ2n) is 6.19. The Morgan fingerprint density at radius 2 is 2.12 bits per heavy atom. The first kappa shape index (κ1) is 12.1. The fourth-order valence-corrected chi connectivity index (χ4v) is 3.68. The summed E-state index contributed by atoms with van der Waals surface area (Å²) in [6, 6.07) is 2.55. The lowest BCUT2D eigenvalue weighted by atomic mass is 9.72. The van der Waals surface area contributed by atoms with E-state index in [0.717, 1.165) is 5.92 Å². The molecule has 1 heterocycles. The third kappa shape index (κ3) is 2.33. The van der Waals surface area contributed by atoms with Gasteiger partial charge in [-0.2, -0.15) is 0 Å². The molecule has 0 bridgehead atoms. The molecule has 0 fully saturated rings. The summed E-state index contributed by atoms with van der Waals surface area (Å²) >= 11 is 1.93. The Bertz CT molecular complexity index is 371. The molecule has 0 amide bonds. The molecular weight excluding hydrogens is 214 g/mol. The molecule has 16 heavy (non-hydrogen) atoms. The maximum Gasteiger partial charge on any atom is 0.0361 e. The van der Waals surface area contributed by atoms with Crippen LogP contribution in [0.3, 0.4) is 0 Å². The molecule has 2 unspecified atom stereocenters. The second-order valence-corrected chi connectivity index (χ2v) is 7.36. The van der Waals surface area contributed by atoms with Crippen LogP contribution in [0.15, 0.2) is 6.07 Å². The highest BCUT2D eigenvalue weighted by Crippen LogP contribution is 2.40. The van der Waals surface area contributed by atoms with Crippen molar-refractivity contribution in [1.82, 2.24) is 0 Å². The zero-order valence-electron chi connectivity index (χ0n) is 10.8. The maximum absolute atomic E-state index is 5.96. The van der Waals surface area contributed by atoms with E-state index in [1.54, 1.807) is 10.4 Å². The van der Waals surface area contributed by atoms with Gasteiger partial charge in [-0.1, -0.05) is 20.8 Å². The Morgan fingerprint density at radius 3 is 2.69 bits per heavy atom. The molecule has 0 aliphatic heterocycles. The molecular formula is C14H23NS. The van der Waals surface area contributed by atoms with Crippen LogP contribution in [0.5, 0.6) is 0 Å². The Balaban J connectivity index is 2.21. The molecule has 90 valence electrons. The van der Waals surface area contributed by atoms with Crippen molar-refractivity contribution < 1.29 is 0 Å². The van der Waals surface area contributed by atoms with E-state index < -0.39 is 0 Å². The highest BCUT2D eigenvalue weighted by Gasteiger charge is 2.29. The summed E-state index contributed by atoms with van der Waals surface area (Å²) in [4.78, 5) is 2.95. The first-order valence-electron chi connectivity index (χ1n) is 6.25. The summed E-state index contributed by atoms with van der Waals surface area (Å²) in [7, 11) is 0. The van der Waals surface area contributed by atoms with Crippen LogP contribution in [0, 0.1) is 11.3 Å². The van der Waals surface area contributed by atoms with Crippen LogP contribution in [-0.2, 0) is 12.8 Å². The van der Waals surface area contributed by atoms with E-state index in [-0.39, 0.29) is 6.04 Å². The van der Waals surface area contributed by atoms with Crippen molar-refractivity contribution in [3.05, 3.63) is 21.4 Å². The molecule has 2 heteroatoms. The van der Waals surface area contributed by atoms with E-state index in [9.17, 15) is 0 Å². The van der Waals surface area contributed by atoms with E-state index in [1.807, 2.05) is 11.3 Å². The smallest absolute Gasteiger partial charge is 0.0361 e. The molecule has 1 aromatic rings. The summed E-state index contributed by atoms with van der Waals surface area (Å²) in [5.41, 5.74) is 7.97. The molecule has 2 atom stereocenters. The minimum atomic E-state index is 0.198. The first-order valence-corrected chi connectivity index (χ1v) is 7.06. The van der Waals surface area contributed by atoms with Crippen molar-refractivity contribution in [3.63, 3.8) is 0 Å². The first-order chi connectivity index (χ1) is 7.38. The predicted molar refractivity (Wildman–Crippen MR) is 71.9 cm³/mol. The lowest BCUT2D eigenvalue weighted by Crippen LogP contribution is -2.26. The van der Waals surface area contributed by atoms with Crippen LogP contribution in [-0.4, -0.2) is 0 Å². The van der Waals surface area contributed by atoms with Crippen molar-refractivity contribution in [1.29, 1.82) is 0 Å². The number of hydrogen-bond donors (Lipinski definition) is 1. The lowest BCUT2D eigenvalue weighted by Gasteiger charge is -2.33. The number of hydrogen-bond acceptors (Lipinski definition) is 2. The monoisotopic (exact) mass is 237 g/mol. The van der Waals surface area contributed by atoms with Crippen LogP contribution in [0.2, 0.25) is 0 Å². The van der Waals surface area contributed by atoms with E-state index >= 15 is 0 Å². The minimum absolute atomic E-state index is 0.198. The average molecular weight is 237 g/mol. The zero-order chi connectivity index (χ0) is 11.9. The fourth-order valence-electron chi connectivity index (χ4n) is 2.51. The molecule has 1 nitrogen and oxygen atoms in total. The molecule has 2 N–H and O–H groups in total. The van der Waals surface area contributed by atoms with Crippen molar-refractivity contribution in [2.45, 2.75) is 53.0 Å². The van der Waals surface area contributed by atoms with Crippen molar-refractivity contribution in [2.75, 3.05) is 0 Å². The summed E-state index contributed by atoms with van der Waals surface area (Å²) in [6.07, 6.45) is 3.85. The summed E-state index contributed by atoms with van der Waals surface area (Å²) in [5, 5.41) is 0. The molecule has 2 rings (SSSR count). The maximum atomic E-state index is 5.96. The second kappa shape index (κ2) is 4.15. The number of nitrogens with two attached hydrogens (primary N) is 1. The van der Waals surface area contributed by atoms with Gasteiger partial charge in [-0.15, -0.1) is 11.3 Å². The van der Waals surface area contributed by atoms with Gasteiger partial charge >= 0.3 is 0 Å². The normalized spacial score (nSPS) is 22.9. The highest BCUT2D eigenvalue weighted by molar-refractivity contribution is 7.12. The van der Waals surface area contributed by atoms with Crippen LogP contribution >= 0.6 is 11.3 Å². The molecule has 1 aliphatic carbocycles. The fraction of sp³-hybridized carbons (Fsp3) is 0.714. The molecule has 0 radical (unpaired) electrons. The number of rotatable bonds is 1. The van der Waals surface area contributed by atoms with Gasteiger partial charge in [0.1, 0.15) is 0 Å². The van der Waals surface area contributed by atoms with Gasteiger partial charge < -0.3 is 5.73 Å². The van der Waals surface area contributed by atoms with Crippen LogP contribution in [0.25, 0.3) is 0 Å². The Labute approximate surface area is 103 Å². The predicted octanol–water partition coefficient (Wildman–Crippen LogP) is 3.92. The summed E-state index contributed by atoms with van der Waals surface area (Å²) < 4.78 is 0. The summed E-state index contributed by atoms with van der Waals surface area (Å²) in [6.45, 7) is 9.17. The molecule has 0 saturated carbocycles. The largest absolute Gasteiger partial charge is 0.324 e.